The maximum atomic E-state index is 12.4. The van der Waals surface area contributed by atoms with Gasteiger partial charge in [-0.05, 0) is 42.8 Å². The van der Waals surface area contributed by atoms with Gasteiger partial charge in [0.1, 0.15) is 5.75 Å². The van der Waals surface area contributed by atoms with Gasteiger partial charge in [0.05, 0.1) is 6.54 Å². The first-order valence-electron chi connectivity index (χ1n) is 7.33. The zero-order valence-corrected chi connectivity index (χ0v) is 12.3. The fraction of sp³-hybridized carbons (Fsp3) is 0.278. The molecule has 0 amide bonds. The second-order valence-electron chi connectivity index (χ2n) is 5.08. The Balaban J connectivity index is 2.11. The lowest BCUT2D eigenvalue weighted by Gasteiger charge is -2.24. The van der Waals surface area contributed by atoms with E-state index in [0.29, 0.717) is 12.1 Å². The molecule has 0 atom stereocenters. The van der Waals surface area contributed by atoms with Gasteiger partial charge in [0.25, 0.3) is 0 Å². The van der Waals surface area contributed by atoms with Crippen LogP contribution < -0.4 is 4.90 Å². The maximum Gasteiger partial charge on any atom is 0.182 e. The third-order valence-corrected chi connectivity index (χ3v) is 3.43. The second kappa shape index (κ2) is 7.48. The van der Waals surface area contributed by atoms with Gasteiger partial charge in [-0.3, -0.25) is 4.79 Å². The molecule has 0 aliphatic carbocycles. The minimum atomic E-state index is 0.0648. The molecule has 0 aliphatic heterocycles. The Labute approximate surface area is 125 Å². The molecule has 0 aromatic heterocycles. The topological polar surface area (TPSA) is 40.5 Å². The standard InChI is InChI=1S/C18H21NO2/c1-2-3-13-19(16-7-5-4-6-8-16)14-18(21)15-9-11-17(20)12-10-15/h4-12,20H,2-3,13-14H2,1H3. The maximum absolute atomic E-state index is 12.4. The fourth-order valence-electron chi connectivity index (χ4n) is 2.20. The van der Waals surface area contributed by atoms with E-state index in [1.165, 1.54) is 0 Å². The van der Waals surface area contributed by atoms with Crippen LogP contribution in [0, 0.1) is 0 Å². The number of para-hydroxylation sites is 1. The molecule has 0 heterocycles. The zero-order chi connectivity index (χ0) is 15.1. The van der Waals surface area contributed by atoms with Crippen LogP contribution >= 0.6 is 0 Å². The summed E-state index contributed by atoms with van der Waals surface area (Å²) in [6.45, 7) is 3.37. The zero-order valence-electron chi connectivity index (χ0n) is 12.3. The van der Waals surface area contributed by atoms with Crippen molar-refractivity contribution in [2.75, 3.05) is 18.0 Å². The predicted octanol–water partition coefficient (Wildman–Crippen LogP) is 3.88. The van der Waals surface area contributed by atoms with Crippen LogP contribution in [0.15, 0.2) is 54.6 Å². The molecule has 110 valence electrons. The summed E-state index contributed by atoms with van der Waals surface area (Å²) in [5.74, 6) is 0.243. The van der Waals surface area contributed by atoms with Gasteiger partial charge in [-0.15, -0.1) is 0 Å². The van der Waals surface area contributed by atoms with Crippen molar-refractivity contribution in [3.63, 3.8) is 0 Å². The van der Waals surface area contributed by atoms with Crippen LogP contribution in [0.4, 0.5) is 5.69 Å². The van der Waals surface area contributed by atoms with Crippen molar-refractivity contribution in [3.05, 3.63) is 60.2 Å². The lowest BCUT2D eigenvalue weighted by Crippen LogP contribution is -2.30. The minimum Gasteiger partial charge on any atom is -0.508 e. The highest BCUT2D eigenvalue weighted by molar-refractivity contribution is 5.99. The monoisotopic (exact) mass is 283 g/mol. The van der Waals surface area contributed by atoms with E-state index in [4.69, 9.17) is 0 Å². The number of hydrogen-bond acceptors (Lipinski definition) is 3. The number of phenolic OH excluding ortho intramolecular Hbond substituents is 1. The Morgan fingerprint density at radius 3 is 2.33 bits per heavy atom. The van der Waals surface area contributed by atoms with Crippen molar-refractivity contribution in [3.8, 4) is 5.75 Å². The average Bonchev–Trinajstić information content (AvgIpc) is 2.52. The summed E-state index contributed by atoms with van der Waals surface area (Å²) >= 11 is 0. The van der Waals surface area contributed by atoms with Crippen molar-refractivity contribution in [2.45, 2.75) is 19.8 Å². The van der Waals surface area contributed by atoms with Crippen LogP contribution in [0.3, 0.4) is 0 Å². The number of benzene rings is 2. The largest absolute Gasteiger partial charge is 0.508 e. The van der Waals surface area contributed by atoms with E-state index in [2.05, 4.69) is 11.8 Å². The highest BCUT2D eigenvalue weighted by Crippen LogP contribution is 2.16. The molecule has 0 radical (unpaired) electrons. The summed E-state index contributed by atoms with van der Waals surface area (Å²) in [5.41, 5.74) is 1.70. The average molecular weight is 283 g/mol. The number of Topliss-reactive ketones (excluding diaryl/α,β-unsaturated/α-hetero) is 1. The Morgan fingerprint density at radius 1 is 1.05 bits per heavy atom. The van der Waals surface area contributed by atoms with Gasteiger partial charge in [0, 0.05) is 17.8 Å². The Hall–Kier alpha value is -2.29. The van der Waals surface area contributed by atoms with Gasteiger partial charge in [0.15, 0.2) is 5.78 Å². The van der Waals surface area contributed by atoms with Crippen molar-refractivity contribution < 1.29 is 9.90 Å². The lowest BCUT2D eigenvalue weighted by atomic mass is 10.1. The van der Waals surface area contributed by atoms with E-state index in [-0.39, 0.29) is 11.5 Å². The number of ketones is 1. The molecule has 3 heteroatoms. The number of aromatic hydroxyl groups is 1. The first-order chi connectivity index (χ1) is 10.2. The molecule has 3 nitrogen and oxygen atoms in total. The number of carbonyl (C=O) groups excluding carboxylic acids is 1. The fourth-order valence-corrected chi connectivity index (χ4v) is 2.20. The number of carbonyl (C=O) groups is 1. The third kappa shape index (κ3) is 4.35. The van der Waals surface area contributed by atoms with Gasteiger partial charge >= 0.3 is 0 Å². The number of rotatable bonds is 7. The Kier molecular flexibility index (Phi) is 5.38. The Morgan fingerprint density at radius 2 is 1.71 bits per heavy atom. The normalized spacial score (nSPS) is 10.3. The van der Waals surface area contributed by atoms with E-state index in [1.807, 2.05) is 30.3 Å². The highest BCUT2D eigenvalue weighted by atomic mass is 16.3. The molecule has 0 fully saturated rings. The third-order valence-electron chi connectivity index (χ3n) is 3.43. The molecule has 1 N–H and O–H groups in total. The quantitative estimate of drug-likeness (QED) is 0.784. The molecule has 0 saturated carbocycles. The summed E-state index contributed by atoms with van der Waals surface area (Å²) in [7, 11) is 0. The van der Waals surface area contributed by atoms with Crippen molar-refractivity contribution in [1.82, 2.24) is 0 Å². The molecule has 2 aromatic carbocycles. The van der Waals surface area contributed by atoms with E-state index in [1.54, 1.807) is 24.3 Å². The van der Waals surface area contributed by atoms with E-state index in [0.717, 1.165) is 25.1 Å². The summed E-state index contributed by atoms with van der Waals surface area (Å²) in [5, 5.41) is 9.29. The van der Waals surface area contributed by atoms with Gasteiger partial charge in [-0.1, -0.05) is 31.5 Å². The number of phenols is 1. The molecular formula is C18H21NO2. The number of unbranched alkanes of at least 4 members (excludes halogenated alkanes) is 1. The van der Waals surface area contributed by atoms with Crippen molar-refractivity contribution in [2.24, 2.45) is 0 Å². The number of anilines is 1. The summed E-state index contributed by atoms with van der Waals surface area (Å²) in [6.07, 6.45) is 2.15. The van der Waals surface area contributed by atoms with Gasteiger partial charge in [0.2, 0.25) is 0 Å². The highest BCUT2D eigenvalue weighted by Gasteiger charge is 2.12. The molecule has 21 heavy (non-hydrogen) atoms. The van der Waals surface area contributed by atoms with Crippen LogP contribution in [-0.2, 0) is 0 Å². The van der Waals surface area contributed by atoms with E-state index >= 15 is 0 Å². The molecular weight excluding hydrogens is 262 g/mol. The number of nitrogens with zero attached hydrogens (tertiary/aromatic N) is 1. The first-order valence-corrected chi connectivity index (χ1v) is 7.33. The van der Waals surface area contributed by atoms with Gasteiger partial charge in [-0.2, -0.15) is 0 Å². The van der Waals surface area contributed by atoms with Crippen LogP contribution in [0.2, 0.25) is 0 Å². The summed E-state index contributed by atoms with van der Waals surface area (Å²) < 4.78 is 0. The molecule has 2 aromatic rings. The van der Waals surface area contributed by atoms with Crippen LogP contribution in [-0.4, -0.2) is 24.0 Å². The minimum absolute atomic E-state index is 0.0648. The molecule has 0 spiro atoms. The Bertz CT molecular complexity index is 564. The SMILES string of the molecule is CCCCN(CC(=O)c1ccc(O)cc1)c1ccccc1. The molecule has 2 rings (SSSR count). The first kappa shape index (κ1) is 15.1. The van der Waals surface area contributed by atoms with Crippen LogP contribution in [0.25, 0.3) is 0 Å². The van der Waals surface area contributed by atoms with Crippen LogP contribution in [0.5, 0.6) is 5.75 Å². The van der Waals surface area contributed by atoms with E-state index in [9.17, 15) is 9.90 Å². The van der Waals surface area contributed by atoms with Gasteiger partial charge < -0.3 is 10.0 Å². The van der Waals surface area contributed by atoms with Crippen molar-refractivity contribution >= 4 is 11.5 Å². The summed E-state index contributed by atoms with van der Waals surface area (Å²) in [6, 6.07) is 16.4. The van der Waals surface area contributed by atoms with Crippen molar-refractivity contribution in [1.29, 1.82) is 0 Å². The van der Waals surface area contributed by atoms with Gasteiger partial charge in [-0.25, -0.2) is 0 Å². The van der Waals surface area contributed by atoms with Crippen LogP contribution in [0.1, 0.15) is 30.1 Å². The molecule has 0 unspecified atom stereocenters. The number of hydrogen-bond donors (Lipinski definition) is 1. The summed E-state index contributed by atoms with van der Waals surface area (Å²) in [4.78, 5) is 14.5. The molecule has 0 saturated heterocycles. The molecule has 0 aliphatic rings. The van der Waals surface area contributed by atoms with E-state index < -0.39 is 0 Å². The molecule has 0 bridgehead atoms. The lowest BCUT2D eigenvalue weighted by molar-refractivity contribution is 0.0999. The smallest absolute Gasteiger partial charge is 0.182 e. The second-order valence-corrected chi connectivity index (χ2v) is 5.08. The predicted molar refractivity (Wildman–Crippen MR) is 86.0 cm³/mol.